The van der Waals surface area contributed by atoms with Crippen LogP contribution in [-0.2, 0) is 16.1 Å². The molecule has 1 amide bonds. The fourth-order valence-corrected chi connectivity index (χ4v) is 1.20. The summed E-state index contributed by atoms with van der Waals surface area (Å²) in [5.74, 6) is -6.07. The lowest BCUT2D eigenvalue weighted by molar-refractivity contribution is -0.165. The lowest BCUT2D eigenvalue weighted by Crippen LogP contribution is -2.34. The van der Waals surface area contributed by atoms with E-state index in [4.69, 9.17) is 9.84 Å². The SMILES string of the molecule is O=C(NCCC(F)(F)C(=O)O)OCc1ccccc1. The molecule has 0 aliphatic rings. The molecular formula is C12H13F2NO4. The first-order chi connectivity index (χ1) is 8.92. The standard InChI is InChI=1S/C12H13F2NO4/c13-12(14,10(16)17)6-7-15-11(18)19-8-9-4-2-1-3-5-9/h1-5H,6-8H2,(H,15,18)(H,16,17). The van der Waals surface area contributed by atoms with Gasteiger partial charge in [-0.15, -0.1) is 0 Å². The summed E-state index contributed by atoms with van der Waals surface area (Å²) in [5.41, 5.74) is 0.758. The number of carboxylic acid groups (broad SMARTS) is 1. The molecule has 104 valence electrons. The number of ether oxygens (including phenoxy) is 1. The van der Waals surface area contributed by atoms with Gasteiger partial charge in [0.25, 0.3) is 0 Å². The first-order valence-electron chi connectivity index (χ1n) is 5.47. The Hall–Kier alpha value is -2.18. The monoisotopic (exact) mass is 273 g/mol. The third-order valence-electron chi connectivity index (χ3n) is 2.23. The van der Waals surface area contributed by atoms with Crippen molar-refractivity contribution in [2.24, 2.45) is 0 Å². The Bertz CT molecular complexity index is 437. The number of hydrogen-bond donors (Lipinski definition) is 2. The van der Waals surface area contributed by atoms with Crippen LogP contribution in [0.1, 0.15) is 12.0 Å². The Kier molecular flexibility index (Phi) is 5.23. The number of amides is 1. The molecule has 0 radical (unpaired) electrons. The van der Waals surface area contributed by atoms with Crippen molar-refractivity contribution in [2.75, 3.05) is 6.54 Å². The van der Waals surface area contributed by atoms with Gasteiger partial charge in [-0.05, 0) is 5.56 Å². The molecule has 0 saturated heterocycles. The second-order valence-electron chi connectivity index (χ2n) is 3.75. The topological polar surface area (TPSA) is 75.6 Å². The molecule has 0 saturated carbocycles. The molecule has 5 nitrogen and oxygen atoms in total. The highest BCUT2D eigenvalue weighted by atomic mass is 19.3. The van der Waals surface area contributed by atoms with E-state index < -0.39 is 31.0 Å². The van der Waals surface area contributed by atoms with Crippen molar-refractivity contribution in [1.29, 1.82) is 0 Å². The number of hydrogen-bond acceptors (Lipinski definition) is 3. The van der Waals surface area contributed by atoms with E-state index in [1.165, 1.54) is 0 Å². The van der Waals surface area contributed by atoms with E-state index in [0.717, 1.165) is 5.56 Å². The summed E-state index contributed by atoms with van der Waals surface area (Å²) in [6.45, 7) is -0.463. The predicted molar refractivity (Wildman–Crippen MR) is 61.8 cm³/mol. The number of benzene rings is 1. The molecule has 0 aliphatic carbocycles. The normalized spacial score (nSPS) is 10.8. The molecule has 19 heavy (non-hydrogen) atoms. The Balaban J connectivity index is 2.24. The minimum atomic E-state index is -3.85. The molecule has 0 fully saturated rings. The summed E-state index contributed by atoms with van der Waals surface area (Å²) < 4.78 is 30.1. The number of carbonyl (C=O) groups is 2. The molecule has 7 heteroatoms. The summed E-state index contributed by atoms with van der Waals surface area (Å²) in [4.78, 5) is 21.3. The predicted octanol–water partition coefficient (Wildman–Crippen LogP) is 2.02. The van der Waals surface area contributed by atoms with Crippen LogP contribution in [-0.4, -0.2) is 29.6 Å². The Morgan fingerprint density at radius 1 is 1.26 bits per heavy atom. The van der Waals surface area contributed by atoms with Crippen LogP contribution in [0.3, 0.4) is 0 Å². The number of aliphatic carboxylic acids is 1. The lowest BCUT2D eigenvalue weighted by atomic mass is 10.2. The van der Waals surface area contributed by atoms with Crippen LogP contribution < -0.4 is 5.32 Å². The number of halogens is 2. The summed E-state index contributed by atoms with van der Waals surface area (Å²) in [6.07, 6.45) is -1.85. The van der Waals surface area contributed by atoms with Crippen molar-refractivity contribution < 1.29 is 28.2 Å². The van der Waals surface area contributed by atoms with Gasteiger partial charge in [0, 0.05) is 13.0 Å². The number of carbonyl (C=O) groups excluding carboxylic acids is 1. The van der Waals surface area contributed by atoms with Crippen molar-refractivity contribution in [2.45, 2.75) is 19.0 Å². The van der Waals surface area contributed by atoms with E-state index in [9.17, 15) is 18.4 Å². The lowest BCUT2D eigenvalue weighted by Gasteiger charge is -2.11. The molecule has 0 atom stereocenters. The van der Waals surface area contributed by atoms with Crippen LogP contribution in [0.2, 0.25) is 0 Å². The highest BCUT2D eigenvalue weighted by molar-refractivity contribution is 5.75. The number of alkyl halides is 2. The first-order valence-corrected chi connectivity index (χ1v) is 5.47. The summed E-state index contributed by atoms with van der Waals surface area (Å²) in [7, 11) is 0. The third kappa shape index (κ3) is 5.33. The number of nitrogens with one attached hydrogen (secondary N) is 1. The molecular weight excluding hydrogens is 260 g/mol. The summed E-state index contributed by atoms with van der Waals surface area (Å²) >= 11 is 0. The second-order valence-corrected chi connectivity index (χ2v) is 3.75. The van der Waals surface area contributed by atoms with Crippen molar-refractivity contribution in [1.82, 2.24) is 5.32 Å². The molecule has 1 rings (SSSR count). The van der Waals surface area contributed by atoms with Crippen LogP contribution in [0.15, 0.2) is 30.3 Å². The highest BCUT2D eigenvalue weighted by Crippen LogP contribution is 2.17. The van der Waals surface area contributed by atoms with Crippen LogP contribution in [0.5, 0.6) is 0 Å². The zero-order chi connectivity index (χ0) is 14.3. The maximum atomic E-state index is 12.7. The molecule has 0 heterocycles. The fourth-order valence-electron chi connectivity index (χ4n) is 1.20. The third-order valence-corrected chi connectivity index (χ3v) is 2.23. The van der Waals surface area contributed by atoms with Gasteiger partial charge in [-0.25, -0.2) is 9.59 Å². The molecule has 1 aromatic rings. The maximum absolute atomic E-state index is 12.7. The van der Waals surface area contributed by atoms with Crippen LogP contribution in [0.4, 0.5) is 13.6 Å². The van der Waals surface area contributed by atoms with Crippen molar-refractivity contribution in [3.05, 3.63) is 35.9 Å². The maximum Gasteiger partial charge on any atom is 0.407 e. The van der Waals surface area contributed by atoms with E-state index in [1.54, 1.807) is 30.3 Å². The van der Waals surface area contributed by atoms with Crippen LogP contribution >= 0.6 is 0 Å². The molecule has 0 aliphatic heterocycles. The van der Waals surface area contributed by atoms with E-state index in [2.05, 4.69) is 5.32 Å². The highest BCUT2D eigenvalue weighted by Gasteiger charge is 2.38. The molecule has 0 unspecified atom stereocenters. The quantitative estimate of drug-likeness (QED) is 0.831. The fraction of sp³-hybridized carbons (Fsp3) is 0.333. The molecule has 2 N–H and O–H groups in total. The van der Waals surface area contributed by atoms with E-state index in [-0.39, 0.29) is 6.61 Å². The smallest absolute Gasteiger partial charge is 0.407 e. The minimum absolute atomic E-state index is 0.0159. The largest absolute Gasteiger partial charge is 0.477 e. The summed E-state index contributed by atoms with van der Waals surface area (Å²) in [6, 6.07) is 8.82. The second kappa shape index (κ2) is 6.67. The summed E-state index contributed by atoms with van der Waals surface area (Å²) in [5, 5.41) is 10.2. The van der Waals surface area contributed by atoms with Crippen molar-refractivity contribution in [3.8, 4) is 0 Å². The van der Waals surface area contributed by atoms with Crippen molar-refractivity contribution in [3.63, 3.8) is 0 Å². The van der Waals surface area contributed by atoms with Gasteiger partial charge in [0.15, 0.2) is 0 Å². The van der Waals surface area contributed by atoms with Gasteiger partial charge in [0.1, 0.15) is 6.61 Å². The zero-order valence-corrected chi connectivity index (χ0v) is 9.94. The Morgan fingerprint density at radius 3 is 2.47 bits per heavy atom. The molecule has 0 aromatic heterocycles. The number of carboxylic acids is 1. The van der Waals surface area contributed by atoms with Gasteiger partial charge in [-0.3, -0.25) is 0 Å². The minimum Gasteiger partial charge on any atom is -0.477 e. The van der Waals surface area contributed by atoms with Gasteiger partial charge in [-0.2, -0.15) is 8.78 Å². The molecule has 0 bridgehead atoms. The van der Waals surface area contributed by atoms with Crippen molar-refractivity contribution >= 4 is 12.1 Å². The molecule has 1 aromatic carbocycles. The van der Waals surface area contributed by atoms with Gasteiger partial charge in [0.2, 0.25) is 0 Å². The average molecular weight is 273 g/mol. The number of alkyl carbamates (subject to hydrolysis) is 1. The Morgan fingerprint density at radius 2 is 1.89 bits per heavy atom. The Labute approximate surface area is 108 Å². The number of rotatable bonds is 6. The van der Waals surface area contributed by atoms with Crippen LogP contribution in [0, 0.1) is 0 Å². The van der Waals surface area contributed by atoms with E-state index in [1.807, 2.05) is 0 Å². The van der Waals surface area contributed by atoms with Crippen LogP contribution in [0.25, 0.3) is 0 Å². The average Bonchev–Trinajstić information content (AvgIpc) is 2.37. The molecule has 0 spiro atoms. The first kappa shape index (κ1) is 14.9. The van der Waals surface area contributed by atoms with Gasteiger partial charge in [-0.1, -0.05) is 30.3 Å². The van der Waals surface area contributed by atoms with Gasteiger partial charge >= 0.3 is 18.0 Å². The van der Waals surface area contributed by atoms with E-state index >= 15 is 0 Å². The van der Waals surface area contributed by atoms with E-state index in [0.29, 0.717) is 0 Å². The van der Waals surface area contributed by atoms with Gasteiger partial charge in [0.05, 0.1) is 0 Å². The zero-order valence-electron chi connectivity index (χ0n) is 9.94. The van der Waals surface area contributed by atoms with Gasteiger partial charge < -0.3 is 15.2 Å².